The minimum absolute atomic E-state index is 0.00904. The minimum Gasteiger partial charge on any atom is -0.508 e. The number of hydrogen-bond donors (Lipinski definition) is 17. The van der Waals surface area contributed by atoms with Crippen molar-refractivity contribution in [2.24, 2.45) is 40.5 Å². The number of unbranched alkanes of at least 4 members (excludes halogenated alkanes) is 1. The summed E-state index contributed by atoms with van der Waals surface area (Å²) in [5.74, 6) is -12.7. The Morgan fingerprint density at radius 2 is 0.912 bits per heavy atom. The second-order valence-corrected chi connectivity index (χ2v) is 19.8. The van der Waals surface area contributed by atoms with Gasteiger partial charge in [-0.25, -0.2) is 0 Å². The summed E-state index contributed by atoms with van der Waals surface area (Å²) in [5, 5.41) is 51.7. The molecule has 0 aromatic heterocycles. The maximum absolute atomic E-state index is 14.0. The van der Waals surface area contributed by atoms with Gasteiger partial charge >= 0.3 is 0 Å². The molecule has 2 rings (SSSR count). The summed E-state index contributed by atoms with van der Waals surface area (Å²) in [4.78, 5) is 156. The Morgan fingerprint density at radius 1 is 0.487 bits per heavy atom. The molecule has 0 fully saturated rings. The third kappa shape index (κ3) is 24.9. The average Bonchev–Trinajstić information content (AvgIpc) is 3.37. The third-order valence-corrected chi connectivity index (χ3v) is 12.0. The lowest BCUT2D eigenvalue weighted by molar-refractivity contribution is -0.137. The van der Waals surface area contributed by atoms with E-state index in [4.69, 9.17) is 28.7 Å². The summed E-state index contributed by atoms with van der Waals surface area (Å²) in [7, 11) is 0. The van der Waals surface area contributed by atoms with E-state index >= 15 is 0 Å². The number of rotatable bonds is 35. The Morgan fingerprint density at radius 3 is 1.38 bits per heavy atom. The molecule has 0 spiro atoms. The SMILES string of the molecule is CC(C)CC(NC(=O)C(NC(=O)C(NC(=O)CNC(=O)C(CC(N)=O)NC(=O)CNC(=O)C(Cc1ccc(O)cc1)NC(=O)C(Cc1ccc(O)cc1)NC(=O)C(N)CCCCN)C(C)C)C(C)O)C(=O)NC(CC(N)=O)C(N)=O. The molecule has 29 nitrogen and oxygen atoms in total. The quantitative estimate of drug-likeness (QED) is 0.0286. The summed E-state index contributed by atoms with van der Waals surface area (Å²) in [6.45, 7) is 6.31. The Kier molecular flexibility index (Phi) is 28.6. The lowest BCUT2D eigenvalue weighted by Crippen LogP contribution is -2.61. The number of hydrogen-bond acceptors (Lipinski definition) is 17. The highest BCUT2D eigenvalue weighted by molar-refractivity contribution is 5.99. The van der Waals surface area contributed by atoms with Crippen LogP contribution in [0, 0.1) is 11.8 Å². The van der Waals surface area contributed by atoms with Gasteiger partial charge in [-0.2, -0.15) is 0 Å². The smallest absolute Gasteiger partial charge is 0.245 e. The van der Waals surface area contributed by atoms with Gasteiger partial charge in [0, 0.05) is 12.8 Å². The number of carbonyl (C=O) groups is 12. The molecule has 442 valence electrons. The Labute approximate surface area is 462 Å². The molecule has 0 aliphatic heterocycles. The molecule has 0 bridgehead atoms. The van der Waals surface area contributed by atoms with Crippen molar-refractivity contribution in [3.63, 3.8) is 0 Å². The van der Waals surface area contributed by atoms with Gasteiger partial charge in [-0.3, -0.25) is 57.5 Å². The van der Waals surface area contributed by atoms with Crippen LogP contribution in [-0.2, 0) is 70.4 Å². The maximum Gasteiger partial charge on any atom is 0.245 e. The van der Waals surface area contributed by atoms with Crippen LogP contribution < -0.4 is 76.5 Å². The number of phenols is 2. The van der Waals surface area contributed by atoms with Crippen LogP contribution in [0.15, 0.2) is 48.5 Å². The van der Waals surface area contributed by atoms with Crippen molar-refractivity contribution in [1.29, 1.82) is 0 Å². The summed E-state index contributed by atoms with van der Waals surface area (Å²) in [5.41, 5.74) is 28.5. The lowest BCUT2D eigenvalue weighted by Gasteiger charge is -2.28. The summed E-state index contributed by atoms with van der Waals surface area (Å²) in [6, 6.07) is -0.0449. The fraction of sp³-hybridized carbons (Fsp3) is 0.529. The highest BCUT2D eigenvalue weighted by Gasteiger charge is 2.35. The molecule has 12 amide bonds. The maximum atomic E-state index is 14.0. The van der Waals surface area contributed by atoms with Crippen molar-refractivity contribution >= 4 is 70.9 Å². The Bertz CT molecular complexity index is 2480. The molecule has 2 aromatic rings. The Hall–Kier alpha value is -8.44. The standard InChI is InChI=1S/C51H78N14O15/c1-25(2)18-34(48(77)60-33(44(56)73)21-38(54)69)63-51(80)43(27(5)66)65-50(79)42(26(3)4)64-41(72)24-58-47(76)37(22-39(55)70)59-40(71)23-57-46(75)35(19-28-9-13-30(67)14-10-28)62-49(78)36(20-29-11-15-31(68)16-12-29)61-45(74)32(53)8-6-7-17-52/h9-16,25-27,32-37,42-43,66-68H,6-8,17-24,52-53H2,1-5H3,(H2,54,69)(H2,55,70)(H2,56,73)(H,57,75)(H,58,76)(H,59,71)(H,60,77)(H,61,74)(H,62,78)(H,63,80)(H,64,72)(H,65,79). The highest BCUT2D eigenvalue weighted by atomic mass is 16.3. The molecule has 0 saturated heterocycles. The number of nitrogens with one attached hydrogen (secondary N) is 9. The van der Waals surface area contributed by atoms with E-state index in [9.17, 15) is 72.9 Å². The fourth-order valence-electron chi connectivity index (χ4n) is 7.65. The van der Waals surface area contributed by atoms with Crippen LogP contribution in [0.4, 0.5) is 0 Å². The van der Waals surface area contributed by atoms with Crippen molar-refractivity contribution in [2.45, 2.75) is 140 Å². The van der Waals surface area contributed by atoms with Gasteiger partial charge in [0.15, 0.2) is 0 Å². The highest BCUT2D eigenvalue weighted by Crippen LogP contribution is 2.15. The summed E-state index contributed by atoms with van der Waals surface area (Å²) >= 11 is 0. The number of amides is 12. The number of aromatic hydroxyl groups is 2. The molecule has 80 heavy (non-hydrogen) atoms. The fourth-order valence-corrected chi connectivity index (χ4v) is 7.65. The second kappa shape index (κ2) is 33.8. The van der Waals surface area contributed by atoms with E-state index < -0.39 is 157 Å². The molecule has 0 saturated carbocycles. The molecule has 2 aromatic carbocycles. The van der Waals surface area contributed by atoms with Crippen molar-refractivity contribution in [2.75, 3.05) is 19.6 Å². The molecule has 22 N–H and O–H groups in total. The van der Waals surface area contributed by atoms with Crippen molar-refractivity contribution in [3.05, 3.63) is 59.7 Å². The van der Waals surface area contributed by atoms with Crippen LogP contribution in [-0.4, -0.2) is 160 Å². The first-order chi connectivity index (χ1) is 37.5. The van der Waals surface area contributed by atoms with Gasteiger partial charge in [0.1, 0.15) is 53.8 Å². The van der Waals surface area contributed by atoms with E-state index in [1.54, 1.807) is 13.8 Å². The van der Waals surface area contributed by atoms with Crippen LogP contribution in [0.3, 0.4) is 0 Å². The number of primary amides is 3. The zero-order chi connectivity index (χ0) is 60.4. The molecule has 0 aliphatic rings. The van der Waals surface area contributed by atoms with E-state index in [0.29, 0.717) is 30.5 Å². The van der Waals surface area contributed by atoms with Crippen LogP contribution in [0.5, 0.6) is 11.5 Å². The topological polar surface area (TPSA) is 504 Å². The van der Waals surface area contributed by atoms with E-state index in [0.717, 1.165) is 6.92 Å². The predicted molar refractivity (Wildman–Crippen MR) is 287 cm³/mol. The summed E-state index contributed by atoms with van der Waals surface area (Å²) in [6.07, 6.45) is -1.93. The van der Waals surface area contributed by atoms with Gasteiger partial charge in [-0.05, 0) is 80.0 Å². The average molecular weight is 1130 g/mol. The summed E-state index contributed by atoms with van der Waals surface area (Å²) < 4.78 is 0. The molecule has 0 aliphatic carbocycles. The molecular weight excluding hydrogens is 1050 g/mol. The van der Waals surface area contributed by atoms with E-state index in [2.05, 4.69) is 47.9 Å². The first-order valence-corrected chi connectivity index (χ1v) is 25.7. The normalized spacial score (nSPS) is 14.4. The van der Waals surface area contributed by atoms with E-state index in [1.165, 1.54) is 62.4 Å². The van der Waals surface area contributed by atoms with Gasteiger partial charge < -0.3 is 91.8 Å². The third-order valence-electron chi connectivity index (χ3n) is 12.0. The lowest BCUT2D eigenvalue weighted by atomic mass is 10.0. The number of aliphatic hydroxyl groups is 1. The van der Waals surface area contributed by atoms with Gasteiger partial charge in [0.2, 0.25) is 70.9 Å². The Balaban J connectivity index is 2.21. The van der Waals surface area contributed by atoms with Gasteiger partial charge in [0.25, 0.3) is 0 Å². The molecule has 0 radical (unpaired) electrons. The van der Waals surface area contributed by atoms with E-state index in [1.807, 2.05) is 0 Å². The minimum atomic E-state index is -1.72. The number of nitrogens with two attached hydrogens (primary N) is 5. The number of aliphatic hydroxyl groups excluding tert-OH is 1. The van der Waals surface area contributed by atoms with E-state index in [-0.39, 0.29) is 43.1 Å². The number of phenolic OH excluding ortho intramolecular Hbond substituents is 2. The number of carbonyl (C=O) groups excluding carboxylic acids is 12. The van der Waals surface area contributed by atoms with Gasteiger partial charge in [-0.1, -0.05) is 58.4 Å². The molecule has 29 heteroatoms. The molecule has 0 heterocycles. The van der Waals surface area contributed by atoms with Crippen LogP contribution in [0.1, 0.15) is 84.3 Å². The molecular formula is C51H78N14O15. The van der Waals surface area contributed by atoms with Crippen molar-refractivity contribution in [3.8, 4) is 11.5 Å². The van der Waals surface area contributed by atoms with Crippen LogP contribution in [0.2, 0.25) is 0 Å². The number of benzene rings is 2. The zero-order valence-corrected chi connectivity index (χ0v) is 45.4. The van der Waals surface area contributed by atoms with Crippen LogP contribution in [0.25, 0.3) is 0 Å². The molecule has 9 atom stereocenters. The first-order valence-electron chi connectivity index (χ1n) is 25.7. The van der Waals surface area contributed by atoms with Crippen LogP contribution >= 0.6 is 0 Å². The monoisotopic (exact) mass is 1130 g/mol. The second-order valence-electron chi connectivity index (χ2n) is 19.8. The predicted octanol–water partition coefficient (Wildman–Crippen LogP) is -5.72. The zero-order valence-electron chi connectivity index (χ0n) is 45.4. The van der Waals surface area contributed by atoms with Crippen molar-refractivity contribution < 1.29 is 72.9 Å². The van der Waals surface area contributed by atoms with Gasteiger partial charge in [-0.15, -0.1) is 0 Å². The molecule has 9 unspecified atom stereocenters. The van der Waals surface area contributed by atoms with Crippen molar-refractivity contribution in [1.82, 2.24) is 47.9 Å². The largest absolute Gasteiger partial charge is 0.508 e. The first kappa shape index (κ1) is 67.7. The van der Waals surface area contributed by atoms with Gasteiger partial charge in [0.05, 0.1) is 38.1 Å².